The summed E-state index contributed by atoms with van der Waals surface area (Å²) in [5.74, 6) is 1.95. The third-order valence-electron chi connectivity index (χ3n) is 3.03. The summed E-state index contributed by atoms with van der Waals surface area (Å²) >= 11 is 0. The van der Waals surface area contributed by atoms with Crippen LogP contribution in [0.25, 0.3) is 0 Å². The van der Waals surface area contributed by atoms with Gasteiger partial charge in [0.15, 0.2) is 11.6 Å². The molecule has 2 aliphatic heterocycles. The molecule has 1 aromatic rings. The van der Waals surface area contributed by atoms with Crippen LogP contribution in [0, 0.1) is 6.92 Å². The number of nitrogens with zero attached hydrogens (tertiary/aromatic N) is 2. The Kier molecular flexibility index (Phi) is 2.02. The first-order valence-corrected chi connectivity index (χ1v) is 5.42. The minimum atomic E-state index is 0.445. The van der Waals surface area contributed by atoms with Gasteiger partial charge < -0.3 is 15.0 Å². The van der Waals surface area contributed by atoms with Crippen LogP contribution in [0.5, 0.6) is 5.75 Å². The Labute approximate surface area is 89.3 Å². The topological polar surface area (TPSA) is 37.4 Å². The van der Waals surface area contributed by atoms with E-state index in [0.29, 0.717) is 6.04 Å². The molecule has 1 atom stereocenters. The summed E-state index contributed by atoms with van der Waals surface area (Å²) in [6, 6.07) is 4.47. The zero-order valence-electron chi connectivity index (χ0n) is 8.86. The molecule has 80 valence electrons. The molecule has 0 saturated carbocycles. The van der Waals surface area contributed by atoms with Gasteiger partial charge in [-0.25, -0.2) is 4.98 Å². The number of aromatic nitrogens is 1. The Hall–Kier alpha value is -1.29. The summed E-state index contributed by atoms with van der Waals surface area (Å²) in [6.07, 6.45) is 0. The second-order valence-electron chi connectivity index (χ2n) is 4.14. The highest BCUT2D eigenvalue weighted by atomic mass is 16.5. The largest absolute Gasteiger partial charge is 0.488 e. The van der Waals surface area contributed by atoms with Gasteiger partial charge in [-0.05, 0) is 19.1 Å². The van der Waals surface area contributed by atoms with Gasteiger partial charge in [0.2, 0.25) is 0 Å². The molecule has 0 aromatic carbocycles. The molecule has 1 N–H and O–H groups in total. The molecule has 0 bridgehead atoms. The van der Waals surface area contributed by atoms with Crippen LogP contribution < -0.4 is 15.0 Å². The number of piperazine rings is 1. The zero-order valence-corrected chi connectivity index (χ0v) is 8.86. The first-order chi connectivity index (χ1) is 7.34. The quantitative estimate of drug-likeness (QED) is 0.671. The first kappa shape index (κ1) is 8.97. The highest BCUT2D eigenvalue weighted by Crippen LogP contribution is 2.32. The molecule has 1 saturated heterocycles. The summed E-state index contributed by atoms with van der Waals surface area (Å²) < 4.78 is 5.70. The summed E-state index contributed by atoms with van der Waals surface area (Å²) in [4.78, 5) is 6.93. The fraction of sp³-hybridized carbons (Fsp3) is 0.545. The van der Waals surface area contributed by atoms with E-state index in [4.69, 9.17) is 4.74 Å². The predicted octanol–water partition coefficient (Wildman–Crippen LogP) is 0.561. The van der Waals surface area contributed by atoms with Crippen LogP contribution in [0.1, 0.15) is 5.69 Å². The third-order valence-corrected chi connectivity index (χ3v) is 3.03. The van der Waals surface area contributed by atoms with Gasteiger partial charge in [-0.3, -0.25) is 0 Å². The van der Waals surface area contributed by atoms with E-state index in [9.17, 15) is 0 Å². The van der Waals surface area contributed by atoms with Crippen LogP contribution in [0.4, 0.5) is 5.82 Å². The fourth-order valence-electron chi connectivity index (χ4n) is 2.22. The molecule has 1 fully saturated rings. The Morgan fingerprint density at radius 3 is 3.40 bits per heavy atom. The van der Waals surface area contributed by atoms with Gasteiger partial charge in [-0.15, -0.1) is 0 Å². The normalized spacial score (nSPS) is 24.1. The second-order valence-corrected chi connectivity index (χ2v) is 4.14. The predicted molar refractivity (Wildman–Crippen MR) is 58.5 cm³/mol. The number of fused-ring (bicyclic) bond motifs is 3. The van der Waals surface area contributed by atoms with Crippen molar-refractivity contribution in [3.63, 3.8) is 0 Å². The lowest BCUT2D eigenvalue weighted by molar-refractivity contribution is 0.244. The van der Waals surface area contributed by atoms with Crippen LogP contribution in [0.3, 0.4) is 0 Å². The Morgan fingerprint density at radius 1 is 1.53 bits per heavy atom. The molecular weight excluding hydrogens is 190 g/mol. The van der Waals surface area contributed by atoms with E-state index in [-0.39, 0.29) is 0 Å². The monoisotopic (exact) mass is 205 g/mol. The first-order valence-electron chi connectivity index (χ1n) is 5.42. The number of rotatable bonds is 0. The number of aryl methyl sites for hydroxylation is 1. The van der Waals surface area contributed by atoms with Gasteiger partial charge in [0.05, 0.1) is 6.04 Å². The Balaban J connectivity index is 2.01. The van der Waals surface area contributed by atoms with Crippen molar-refractivity contribution in [1.29, 1.82) is 0 Å². The van der Waals surface area contributed by atoms with Crippen molar-refractivity contribution in [1.82, 2.24) is 10.3 Å². The van der Waals surface area contributed by atoms with Crippen molar-refractivity contribution >= 4 is 5.82 Å². The summed E-state index contributed by atoms with van der Waals surface area (Å²) in [6.45, 7) is 5.84. The van der Waals surface area contributed by atoms with E-state index in [1.165, 1.54) is 0 Å². The number of nitrogens with one attached hydrogen (secondary N) is 1. The molecule has 3 rings (SSSR count). The molecule has 0 spiro atoms. The smallest absolute Gasteiger partial charge is 0.172 e. The maximum Gasteiger partial charge on any atom is 0.172 e. The van der Waals surface area contributed by atoms with Gasteiger partial charge >= 0.3 is 0 Å². The maximum absolute atomic E-state index is 5.70. The van der Waals surface area contributed by atoms with Crippen LogP contribution in [-0.4, -0.2) is 37.3 Å². The van der Waals surface area contributed by atoms with Crippen molar-refractivity contribution in [3.8, 4) is 5.75 Å². The SMILES string of the molecule is Cc1ccc2c(n1)N1CCNCC1CO2. The molecular formula is C11H15N3O. The van der Waals surface area contributed by atoms with Crippen LogP contribution in [0.15, 0.2) is 12.1 Å². The fourth-order valence-corrected chi connectivity index (χ4v) is 2.22. The number of pyridine rings is 1. The lowest BCUT2D eigenvalue weighted by atomic mass is 10.1. The lowest BCUT2D eigenvalue weighted by Gasteiger charge is -2.40. The summed E-state index contributed by atoms with van der Waals surface area (Å²) in [5.41, 5.74) is 1.05. The van der Waals surface area contributed by atoms with Crippen LogP contribution >= 0.6 is 0 Å². The Bertz CT molecular complexity index is 380. The van der Waals surface area contributed by atoms with Crippen LogP contribution in [-0.2, 0) is 0 Å². The number of hydrogen-bond donors (Lipinski definition) is 1. The van der Waals surface area contributed by atoms with E-state index in [0.717, 1.165) is 43.5 Å². The standard InChI is InChI=1S/C11H15N3O/c1-8-2-3-10-11(13-8)14-5-4-12-6-9(14)7-15-10/h2-3,9,12H,4-7H2,1H3. The van der Waals surface area contributed by atoms with E-state index in [2.05, 4.69) is 15.2 Å². The highest BCUT2D eigenvalue weighted by molar-refractivity contribution is 5.56. The maximum atomic E-state index is 5.70. The molecule has 0 aliphatic carbocycles. The Morgan fingerprint density at radius 2 is 2.47 bits per heavy atom. The molecule has 4 nitrogen and oxygen atoms in total. The van der Waals surface area contributed by atoms with Crippen molar-refractivity contribution in [3.05, 3.63) is 17.8 Å². The minimum Gasteiger partial charge on any atom is -0.488 e. The average Bonchev–Trinajstić information content (AvgIpc) is 2.29. The van der Waals surface area contributed by atoms with Crippen LogP contribution in [0.2, 0.25) is 0 Å². The van der Waals surface area contributed by atoms with E-state index in [1.807, 2.05) is 19.1 Å². The molecule has 3 heterocycles. The minimum absolute atomic E-state index is 0.445. The van der Waals surface area contributed by atoms with Gasteiger partial charge in [-0.1, -0.05) is 0 Å². The van der Waals surface area contributed by atoms with E-state index >= 15 is 0 Å². The molecule has 0 amide bonds. The van der Waals surface area contributed by atoms with E-state index in [1.54, 1.807) is 0 Å². The average molecular weight is 205 g/mol. The van der Waals surface area contributed by atoms with Crippen molar-refractivity contribution in [2.45, 2.75) is 13.0 Å². The zero-order chi connectivity index (χ0) is 10.3. The molecule has 15 heavy (non-hydrogen) atoms. The molecule has 2 aliphatic rings. The highest BCUT2D eigenvalue weighted by Gasteiger charge is 2.30. The summed E-state index contributed by atoms with van der Waals surface area (Å²) in [7, 11) is 0. The van der Waals surface area contributed by atoms with Crippen molar-refractivity contribution in [2.75, 3.05) is 31.1 Å². The summed E-state index contributed by atoms with van der Waals surface area (Å²) in [5, 5.41) is 3.38. The lowest BCUT2D eigenvalue weighted by Crippen LogP contribution is -2.56. The molecule has 1 unspecified atom stereocenters. The third kappa shape index (κ3) is 1.45. The van der Waals surface area contributed by atoms with Gasteiger partial charge in [-0.2, -0.15) is 0 Å². The van der Waals surface area contributed by atoms with Crippen molar-refractivity contribution in [2.24, 2.45) is 0 Å². The molecule has 1 aromatic heterocycles. The molecule has 0 radical (unpaired) electrons. The second kappa shape index (κ2) is 3.38. The molecule has 4 heteroatoms. The number of anilines is 1. The van der Waals surface area contributed by atoms with E-state index < -0.39 is 0 Å². The number of hydrogen-bond acceptors (Lipinski definition) is 4. The number of ether oxygens (including phenoxy) is 1. The van der Waals surface area contributed by atoms with Crippen molar-refractivity contribution < 1.29 is 4.74 Å². The van der Waals surface area contributed by atoms with Gasteiger partial charge in [0, 0.05) is 25.3 Å². The van der Waals surface area contributed by atoms with Gasteiger partial charge in [0.25, 0.3) is 0 Å². The van der Waals surface area contributed by atoms with Gasteiger partial charge in [0.1, 0.15) is 6.61 Å².